The molecule has 0 spiro atoms. The molecule has 1 atom stereocenters. The van der Waals surface area contributed by atoms with Crippen molar-refractivity contribution in [3.05, 3.63) is 22.4 Å². The van der Waals surface area contributed by atoms with Gasteiger partial charge in [-0.3, -0.25) is 0 Å². The van der Waals surface area contributed by atoms with Crippen molar-refractivity contribution in [3.8, 4) is 0 Å². The van der Waals surface area contributed by atoms with Gasteiger partial charge in [-0.05, 0) is 55.1 Å². The van der Waals surface area contributed by atoms with Crippen molar-refractivity contribution >= 4 is 11.3 Å². The smallest absolute Gasteiger partial charge is 0.0283 e. The Hall–Kier alpha value is -0.380. The molecule has 0 bridgehead atoms. The van der Waals surface area contributed by atoms with Crippen LogP contribution in [0.1, 0.15) is 25.3 Å². The van der Waals surface area contributed by atoms with Gasteiger partial charge < -0.3 is 10.6 Å². The highest BCUT2D eigenvalue weighted by Gasteiger charge is 2.38. The molecule has 1 aromatic rings. The summed E-state index contributed by atoms with van der Waals surface area (Å²) < 4.78 is 0. The Morgan fingerprint density at radius 2 is 2.33 bits per heavy atom. The molecule has 0 amide bonds. The highest BCUT2D eigenvalue weighted by Crippen LogP contribution is 2.38. The number of hydrogen-bond donors (Lipinski definition) is 1. The fourth-order valence-corrected chi connectivity index (χ4v) is 2.86. The van der Waals surface area contributed by atoms with Gasteiger partial charge in [-0.1, -0.05) is 0 Å². The lowest BCUT2D eigenvalue weighted by atomic mass is 9.97. The van der Waals surface area contributed by atoms with Crippen LogP contribution >= 0.6 is 11.3 Å². The predicted molar refractivity (Wildman–Crippen MR) is 66.0 cm³/mol. The van der Waals surface area contributed by atoms with E-state index in [-0.39, 0.29) is 5.54 Å². The molecule has 84 valence electrons. The van der Waals surface area contributed by atoms with Gasteiger partial charge in [-0.25, -0.2) is 0 Å². The summed E-state index contributed by atoms with van der Waals surface area (Å²) >= 11 is 1.76. The van der Waals surface area contributed by atoms with Gasteiger partial charge in [0.05, 0.1) is 0 Å². The standard InChI is InChI=1S/C12H20N2S/c1-12(13,11-3-4-11)9-14(2)7-10-5-6-15-8-10/h5-6,8,11H,3-4,7,9,13H2,1-2H3. The maximum absolute atomic E-state index is 6.31. The van der Waals surface area contributed by atoms with E-state index in [1.165, 1.54) is 18.4 Å². The summed E-state index contributed by atoms with van der Waals surface area (Å²) in [4.78, 5) is 2.33. The van der Waals surface area contributed by atoms with E-state index in [9.17, 15) is 0 Å². The van der Waals surface area contributed by atoms with Crippen molar-refractivity contribution in [1.82, 2.24) is 4.90 Å². The van der Waals surface area contributed by atoms with Crippen molar-refractivity contribution in [1.29, 1.82) is 0 Å². The van der Waals surface area contributed by atoms with Crippen LogP contribution < -0.4 is 5.73 Å². The molecular formula is C12H20N2S. The van der Waals surface area contributed by atoms with E-state index in [4.69, 9.17) is 5.73 Å². The van der Waals surface area contributed by atoms with Crippen LogP contribution in [0.3, 0.4) is 0 Å². The van der Waals surface area contributed by atoms with Gasteiger partial charge in [0.1, 0.15) is 0 Å². The summed E-state index contributed by atoms with van der Waals surface area (Å²) in [6.45, 7) is 4.20. The first-order valence-electron chi connectivity index (χ1n) is 5.56. The van der Waals surface area contributed by atoms with E-state index in [1.807, 2.05) is 0 Å². The van der Waals surface area contributed by atoms with E-state index in [2.05, 4.69) is 35.7 Å². The van der Waals surface area contributed by atoms with Crippen LogP contribution in [0.2, 0.25) is 0 Å². The number of nitrogens with two attached hydrogens (primary N) is 1. The Labute approximate surface area is 96.1 Å². The van der Waals surface area contributed by atoms with Crippen LogP contribution in [-0.4, -0.2) is 24.0 Å². The molecule has 15 heavy (non-hydrogen) atoms. The molecule has 0 saturated heterocycles. The van der Waals surface area contributed by atoms with Crippen molar-refractivity contribution < 1.29 is 0 Å². The topological polar surface area (TPSA) is 29.3 Å². The minimum absolute atomic E-state index is 0.00473. The fourth-order valence-electron chi connectivity index (χ4n) is 2.20. The average Bonchev–Trinajstić information content (AvgIpc) is 2.88. The zero-order chi connectivity index (χ0) is 10.9. The molecule has 0 aromatic carbocycles. The molecule has 1 aliphatic carbocycles. The average molecular weight is 224 g/mol. The van der Waals surface area contributed by atoms with Gasteiger partial charge in [0, 0.05) is 18.6 Å². The molecule has 1 fully saturated rings. The van der Waals surface area contributed by atoms with Gasteiger partial charge in [0.15, 0.2) is 0 Å². The minimum Gasteiger partial charge on any atom is -0.324 e. The van der Waals surface area contributed by atoms with Crippen LogP contribution in [0.25, 0.3) is 0 Å². The lowest BCUT2D eigenvalue weighted by Gasteiger charge is -2.30. The van der Waals surface area contributed by atoms with Gasteiger partial charge in [0.25, 0.3) is 0 Å². The largest absolute Gasteiger partial charge is 0.324 e. The van der Waals surface area contributed by atoms with Crippen molar-refractivity contribution in [3.63, 3.8) is 0 Å². The molecule has 1 heterocycles. The second-order valence-electron chi connectivity index (χ2n) is 5.08. The maximum atomic E-state index is 6.31. The first-order chi connectivity index (χ1) is 7.08. The Bertz CT molecular complexity index is 301. The second kappa shape index (κ2) is 4.24. The lowest BCUT2D eigenvalue weighted by molar-refractivity contribution is 0.232. The van der Waals surface area contributed by atoms with Crippen molar-refractivity contribution in [2.45, 2.75) is 31.8 Å². The third-order valence-electron chi connectivity index (χ3n) is 3.15. The summed E-state index contributed by atoms with van der Waals surface area (Å²) in [5.41, 5.74) is 7.71. The Kier molecular flexibility index (Phi) is 3.14. The first-order valence-corrected chi connectivity index (χ1v) is 6.51. The van der Waals surface area contributed by atoms with Crippen LogP contribution in [-0.2, 0) is 6.54 Å². The van der Waals surface area contributed by atoms with Gasteiger partial charge in [0.2, 0.25) is 0 Å². The zero-order valence-electron chi connectivity index (χ0n) is 9.57. The van der Waals surface area contributed by atoms with Crippen molar-refractivity contribution in [2.24, 2.45) is 11.7 Å². The van der Waals surface area contributed by atoms with E-state index >= 15 is 0 Å². The maximum Gasteiger partial charge on any atom is 0.0283 e. The van der Waals surface area contributed by atoms with E-state index in [1.54, 1.807) is 11.3 Å². The molecule has 1 unspecified atom stereocenters. The lowest BCUT2D eigenvalue weighted by Crippen LogP contribution is -2.48. The SMILES string of the molecule is CN(Cc1ccsc1)CC(C)(N)C1CC1. The number of nitrogens with zero attached hydrogens (tertiary/aromatic N) is 1. The molecule has 1 aliphatic rings. The van der Waals surface area contributed by atoms with Crippen LogP contribution in [0, 0.1) is 5.92 Å². The van der Waals surface area contributed by atoms with Gasteiger partial charge >= 0.3 is 0 Å². The Balaban J connectivity index is 1.83. The van der Waals surface area contributed by atoms with Crippen LogP contribution in [0.4, 0.5) is 0 Å². The number of thiophene rings is 1. The molecule has 3 heteroatoms. The Morgan fingerprint density at radius 1 is 1.60 bits per heavy atom. The monoisotopic (exact) mass is 224 g/mol. The minimum atomic E-state index is 0.00473. The highest BCUT2D eigenvalue weighted by molar-refractivity contribution is 7.07. The van der Waals surface area contributed by atoms with E-state index in [0.717, 1.165) is 19.0 Å². The van der Waals surface area contributed by atoms with E-state index in [0.29, 0.717) is 0 Å². The molecule has 0 radical (unpaired) electrons. The predicted octanol–water partition coefficient (Wildman–Crippen LogP) is 2.31. The summed E-state index contributed by atoms with van der Waals surface area (Å²) in [7, 11) is 2.16. The normalized spacial score (nSPS) is 20.5. The zero-order valence-corrected chi connectivity index (χ0v) is 10.4. The first kappa shape index (κ1) is 11.1. The summed E-state index contributed by atoms with van der Waals surface area (Å²) in [6, 6.07) is 2.19. The van der Waals surface area contributed by atoms with Gasteiger partial charge in [-0.15, -0.1) is 0 Å². The summed E-state index contributed by atoms with van der Waals surface area (Å²) in [5, 5.41) is 4.34. The fraction of sp³-hybridized carbons (Fsp3) is 0.667. The Morgan fingerprint density at radius 3 is 2.87 bits per heavy atom. The number of hydrogen-bond acceptors (Lipinski definition) is 3. The molecule has 2 nitrogen and oxygen atoms in total. The molecule has 2 rings (SSSR count). The van der Waals surface area contributed by atoms with Crippen LogP contribution in [0.15, 0.2) is 16.8 Å². The second-order valence-corrected chi connectivity index (χ2v) is 5.86. The third-order valence-corrected chi connectivity index (χ3v) is 3.89. The molecule has 1 aromatic heterocycles. The molecule has 1 saturated carbocycles. The summed E-state index contributed by atoms with van der Waals surface area (Å²) in [5.74, 6) is 0.752. The van der Waals surface area contributed by atoms with Gasteiger partial charge in [-0.2, -0.15) is 11.3 Å². The third kappa shape index (κ3) is 3.03. The van der Waals surface area contributed by atoms with E-state index < -0.39 is 0 Å². The van der Waals surface area contributed by atoms with Crippen LogP contribution in [0.5, 0.6) is 0 Å². The molecule has 0 aliphatic heterocycles. The highest BCUT2D eigenvalue weighted by atomic mass is 32.1. The number of likely N-dealkylation sites (N-methyl/N-ethyl adjacent to an activating group) is 1. The van der Waals surface area contributed by atoms with Crippen molar-refractivity contribution in [2.75, 3.05) is 13.6 Å². The quantitative estimate of drug-likeness (QED) is 0.831. The summed E-state index contributed by atoms with van der Waals surface area (Å²) in [6.07, 6.45) is 2.64. The molecular weight excluding hydrogens is 204 g/mol. The molecule has 2 N–H and O–H groups in total. The number of rotatable bonds is 5.